The van der Waals surface area contributed by atoms with Gasteiger partial charge in [0.05, 0.1) is 5.75 Å². The van der Waals surface area contributed by atoms with Crippen LogP contribution in [0.5, 0.6) is 0 Å². The molecule has 2 unspecified atom stereocenters. The highest BCUT2D eigenvalue weighted by Gasteiger charge is 2.41. The lowest BCUT2D eigenvalue weighted by Gasteiger charge is -2.28. The van der Waals surface area contributed by atoms with Gasteiger partial charge < -0.3 is 10.6 Å². The summed E-state index contributed by atoms with van der Waals surface area (Å²) in [5.74, 6) is 0.958. The number of nitrogens with zero attached hydrogens (tertiary/aromatic N) is 2. The molecule has 2 fully saturated rings. The largest absolute Gasteiger partial charge is 0.382 e. The molecule has 5 nitrogen and oxygen atoms in total. The van der Waals surface area contributed by atoms with Gasteiger partial charge in [-0.15, -0.1) is 0 Å². The van der Waals surface area contributed by atoms with Gasteiger partial charge in [0.25, 0.3) is 0 Å². The van der Waals surface area contributed by atoms with Gasteiger partial charge in [0, 0.05) is 12.6 Å². The maximum absolute atomic E-state index is 12.1. The third kappa shape index (κ3) is 1.72. The Hall–Kier alpha value is -0.820. The van der Waals surface area contributed by atoms with Crippen LogP contribution in [0.15, 0.2) is 4.90 Å². The molecule has 0 amide bonds. The normalized spacial score (nSPS) is 27.1. The first-order valence-corrected chi connectivity index (χ1v) is 8.70. The van der Waals surface area contributed by atoms with E-state index in [4.69, 9.17) is 5.73 Å². The van der Waals surface area contributed by atoms with Crippen LogP contribution < -0.4 is 10.6 Å². The predicted octanol–water partition coefficient (Wildman–Crippen LogP) is 1.51. The summed E-state index contributed by atoms with van der Waals surface area (Å²) in [5.41, 5.74) is 5.76. The van der Waals surface area contributed by atoms with Gasteiger partial charge in [0.1, 0.15) is 9.90 Å². The van der Waals surface area contributed by atoms with Crippen LogP contribution in [0.25, 0.3) is 0 Å². The molecule has 100 valence electrons. The Labute approximate surface area is 111 Å². The van der Waals surface area contributed by atoms with Gasteiger partial charge in [-0.1, -0.05) is 6.92 Å². The second-order valence-electron chi connectivity index (χ2n) is 5.09. The molecule has 1 aliphatic carbocycles. The summed E-state index contributed by atoms with van der Waals surface area (Å²) in [6.07, 6.45) is 3.61. The number of fused-ring (bicyclic) bond motifs is 2. The van der Waals surface area contributed by atoms with E-state index in [1.807, 2.05) is 0 Å². The highest BCUT2D eigenvalue weighted by atomic mass is 32.2. The van der Waals surface area contributed by atoms with Crippen LogP contribution in [-0.4, -0.2) is 31.1 Å². The van der Waals surface area contributed by atoms with E-state index in [1.165, 1.54) is 24.4 Å². The molecule has 0 spiro atoms. The molecular formula is C11H17N3O2S2. The minimum Gasteiger partial charge on any atom is -0.382 e. The van der Waals surface area contributed by atoms with Crippen molar-refractivity contribution in [2.75, 3.05) is 22.9 Å². The maximum atomic E-state index is 12.1. The zero-order valence-corrected chi connectivity index (χ0v) is 11.9. The molecule has 1 aromatic rings. The second-order valence-corrected chi connectivity index (χ2v) is 8.06. The Kier molecular flexibility index (Phi) is 2.78. The Morgan fingerprint density at radius 3 is 2.83 bits per heavy atom. The lowest BCUT2D eigenvalue weighted by molar-refractivity contribution is 0.552. The monoisotopic (exact) mass is 287 g/mol. The number of nitrogens with two attached hydrogens (primary N) is 1. The van der Waals surface area contributed by atoms with Crippen molar-refractivity contribution in [2.45, 2.75) is 37.1 Å². The smallest absolute Gasteiger partial charge is 0.184 e. The van der Waals surface area contributed by atoms with Gasteiger partial charge in [-0.2, -0.15) is 4.37 Å². The van der Waals surface area contributed by atoms with E-state index in [1.54, 1.807) is 6.92 Å². The minimum atomic E-state index is -3.29. The number of sulfone groups is 1. The van der Waals surface area contributed by atoms with Crippen molar-refractivity contribution in [3.63, 3.8) is 0 Å². The maximum Gasteiger partial charge on any atom is 0.184 e. The van der Waals surface area contributed by atoms with Gasteiger partial charge in [-0.25, -0.2) is 8.42 Å². The molecule has 2 heterocycles. The topological polar surface area (TPSA) is 76.3 Å². The van der Waals surface area contributed by atoms with Crippen LogP contribution in [0.2, 0.25) is 0 Å². The third-order valence-corrected chi connectivity index (χ3v) is 6.83. The van der Waals surface area contributed by atoms with E-state index >= 15 is 0 Å². The third-order valence-electron chi connectivity index (χ3n) is 4.02. The standard InChI is InChI=1S/C11H17N3O2S2/c1-2-18(15,16)9-10(12)13-17-11(9)14-6-7-3-4-8(14)5-7/h7-8H,2-6H2,1H3,(H2,12,13). The fraction of sp³-hybridized carbons (Fsp3) is 0.727. The fourth-order valence-corrected chi connectivity index (χ4v) is 5.46. The van der Waals surface area contributed by atoms with Crippen LogP contribution >= 0.6 is 11.5 Å². The van der Waals surface area contributed by atoms with Crippen LogP contribution in [0.4, 0.5) is 10.8 Å². The lowest BCUT2D eigenvalue weighted by Crippen LogP contribution is -2.32. The summed E-state index contributed by atoms with van der Waals surface area (Å²) in [5, 5.41) is 0.765. The molecule has 0 aromatic carbocycles. The summed E-state index contributed by atoms with van der Waals surface area (Å²) >= 11 is 1.23. The second kappa shape index (κ2) is 4.09. The Balaban J connectivity index is 2.04. The average Bonchev–Trinajstić information content (AvgIpc) is 3.02. The molecule has 2 aliphatic rings. The molecule has 1 saturated carbocycles. The van der Waals surface area contributed by atoms with Crippen LogP contribution in [0.1, 0.15) is 26.2 Å². The van der Waals surface area contributed by atoms with E-state index in [2.05, 4.69) is 9.27 Å². The molecule has 2 N–H and O–H groups in total. The Morgan fingerprint density at radius 2 is 2.28 bits per heavy atom. The van der Waals surface area contributed by atoms with Gasteiger partial charge in [-0.05, 0) is 36.7 Å². The van der Waals surface area contributed by atoms with Crippen molar-refractivity contribution in [1.82, 2.24) is 4.37 Å². The SMILES string of the molecule is CCS(=O)(=O)c1c(N)nsc1N1CC2CCC1C2. The zero-order valence-electron chi connectivity index (χ0n) is 10.3. The Bertz CT molecular complexity index is 567. The van der Waals surface area contributed by atoms with E-state index in [9.17, 15) is 8.42 Å². The lowest BCUT2D eigenvalue weighted by atomic mass is 10.1. The number of nitrogen functional groups attached to an aromatic ring is 1. The first-order chi connectivity index (χ1) is 8.53. The van der Waals surface area contributed by atoms with Gasteiger partial charge in [0.15, 0.2) is 15.7 Å². The number of hydrogen-bond acceptors (Lipinski definition) is 6. The van der Waals surface area contributed by atoms with Crippen molar-refractivity contribution < 1.29 is 8.42 Å². The quantitative estimate of drug-likeness (QED) is 0.912. The molecule has 0 radical (unpaired) electrons. The van der Waals surface area contributed by atoms with Crippen LogP contribution in [0.3, 0.4) is 0 Å². The minimum absolute atomic E-state index is 0.0740. The number of anilines is 2. The van der Waals surface area contributed by atoms with E-state index in [-0.39, 0.29) is 16.5 Å². The molecule has 3 rings (SSSR count). The number of rotatable bonds is 3. The molecule has 1 aromatic heterocycles. The van der Waals surface area contributed by atoms with Gasteiger partial charge in [0.2, 0.25) is 0 Å². The molecule has 1 aliphatic heterocycles. The van der Waals surface area contributed by atoms with Crippen molar-refractivity contribution in [3.8, 4) is 0 Å². The Morgan fingerprint density at radius 1 is 1.50 bits per heavy atom. The van der Waals surface area contributed by atoms with Crippen molar-refractivity contribution >= 4 is 32.2 Å². The molecule has 18 heavy (non-hydrogen) atoms. The summed E-state index contributed by atoms with van der Waals surface area (Å²) in [6, 6.07) is 0.487. The average molecular weight is 287 g/mol. The fourth-order valence-electron chi connectivity index (χ4n) is 3.08. The molecule has 2 atom stereocenters. The van der Waals surface area contributed by atoms with Gasteiger partial charge in [-0.3, -0.25) is 0 Å². The van der Waals surface area contributed by atoms with E-state index in [0.717, 1.165) is 23.9 Å². The number of hydrogen-bond donors (Lipinski definition) is 1. The summed E-state index contributed by atoms with van der Waals surface area (Å²) in [4.78, 5) is 2.48. The molecule has 7 heteroatoms. The van der Waals surface area contributed by atoms with Crippen LogP contribution in [0, 0.1) is 5.92 Å². The van der Waals surface area contributed by atoms with Crippen molar-refractivity contribution in [3.05, 3.63) is 0 Å². The highest BCUT2D eigenvalue weighted by molar-refractivity contribution is 7.91. The van der Waals surface area contributed by atoms with E-state index in [0.29, 0.717) is 6.04 Å². The van der Waals surface area contributed by atoms with Crippen molar-refractivity contribution in [2.24, 2.45) is 5.92 Å². The van der Waals surface area contributed by atoms with Crippen LogP contribution in [-0.2, 0) is 9.84 Å². The van der Waals surface area contributed by atoms with Crippen molar-refractivity contribution in [1.29, 1.82) is 0 Å². The van der Waals surface area contributed by atoms with E-state index < -0.39 is 9.84 Å². The molecular weight excluding hydrogens is 270 g/mol. The highest BCUT2D eigenvalue weighted by Crippen LogP contribution is 2.45. The molecule has 2 bridgehead atoms. The summed E-state index contributed by atoms with van der Waals surface area (Å²) in [7, 11) is -3.29. The number of aromatic nitrogens is 1. The summed E-state index contributed by atoms with van der Waals surface area (Å²) in [6.45, 7) is 2.60. The number of piperidine rings is 1. The van der Waals surface area contributed by atoms with Gasteiger partial charge >= 0.3 is 0 Å². The summed E-state index contributed by atoms with van der Waals surface area (Å²) < 4.78 is 28.3. The predicted molar refractivity (Wildman–Crippen MR) is 72.7 cm³/mol. The first kappa shape index (κ1) is 12.2. The zero-order chi connectivity index (χ0) is 12.9. The molecule has 1 saturated heterocycles. The first-order valence-electron chi connectivity index (χ1n) is 6.27.